The van der Waals surface area contributed by atoms with Crippen LogP contribution in [0.25, 0.3) is 0 Å². The second kappa shape index (κ2) is 5.64. The average molecular weight is 307 g/mol. The van der Waals surface area contributed by atoms with E-state index in [2.05, 4.69) is 11.1 Å². The number of thioether (sulfide) groups is 1. The summed E-state index contributed by atoms with van der Waals surface area (Å²) >= 11 is 7.81. The van der Waals surface area contributed by atoms with E-state index in [-0.39, 0.29) is 11.3 Å². The third kappa shape index (κ3) is 2.51. The molecule has 0 radical (unpaired) electrons. The Labute approximate surface area is 127 Å². The molecule has 1 aromatic carbocycles. The molecule has 0 amide bonds. The monoisotopic (exact) mass is 306 g/mol. The van der Waals surface area contributed by atoms with Gasteiger partial charge in [-0.2, -0.15) is 0 Å². The lowest BCUT2D eigenvalue weighted by Crippen LogP contribution is -2.19. The summed E-state index contributed by atoms with van der Waals surface area (Å²) in [4.78, 5) is 4.32. The number of nitrogens with two attached hydrogens (primary N) is 1. The van der Waals surface area contributed by atoms with E-state index in [1.54, 1.807) is 25.1 Å². The topological polar surface area (TPSA) is 48.1 Å². The van der Waals surface area contributed by atoms with Gasteiger partial charge in [-0.1, -0.05) is 29.4 Å². The van der Waals surface area contributed by atoms with Crippen molar-refractivity contribution >= 4 is 23.4 Å². The average Bonchev–Trinajstić information content (AvgIpc) is 2.77. The first-order valence-corrected chi connectivity index (χ1v) is 7.64. The van der Waals surface area contributed by atoms with E-state index < -0.39 is 0 Å². The van der Waals surface area contributed by atoms with Gasteiger partial charge in [0.25, 0.3) is 0 Å². The Kier molecular flexibility index (Phi) is 3.87. The van der Waals surface area contributed by atoms with Crippen LogP contribution < -0.4 is 10.5 Å². The molecule has 0 bridgehead atoms. The van der Waals surface area contributed by atoms with E-state index in [0.717, 1.165) is 22.8 Å². The SMILES string of the molecule is COc1ccc2c(c1)C(N)C(Sc1ncccc1Cl)C2. The molecular formula is C15H15ClN2OS. The Morgan fingerprint density at radius 1 is 1.40 bits per heavy atom. The smallest absolute Gasteiger partial charge is 0.119 e. The predicted molar refractivity (Wildman–Crippen MR) is 82.5 cm³/mol. The van der Waals surface area contributed by atoms with Crippen molar-refractivity contribution in [2.24, 2.45) is 5.73 Å². The molecule has 20 heavy (non-hydrogen) atoms. The Morgan fingerprint density at radius 3 is 3.00 bits per heavy atom. The second-order valence-corrected chi connectivity index (χ2v) is 6.38. The first kappa shape index (κ1) is 13.7. The minimum Gasteiger partial charge on any atom is -0.497 e. The van der Waals surface area contributed by atoms with Gasteiger partial charge in [-0.15, -0.1) is 0 Å². The van der Waals surface area contributed by atoms with Crippen LogP contribution in [0.3, 0.4) is 0 Å². The van der Waals surface area contributed by atoms with Crippen molar-refractivity contribution in [2.45, 2.75) is 22.7 Å². The molecular weight excluding hydrogens is 292 g/mol. The summed E-state index contributed by atoms with van der Waals surface area (Å²) in [5, 5.41) is 1.78. The van der Waals surface area contributed by atoms with E-state index >= 15 is 0 Å². The molecule has 3 rings (SSSR count). The maximum atomic E-state index is 6.36. The lowest BCUT2D eigenvalue weighted by atomic mass is 10.1. The van der Waals surface area contributed by atoms with Gasteiger partial charge in [-0.05, 0) is 41.8 Å². The zero-order valence-electron chi connectivity index (χ0n) is 11.0. The van der Waals surface area contributed by atoms with Crippen molar-refractivity contribution in [3.63, 3.8) is 0 Å². The molecule has 0 spiro atoms. The summed E-state index contributed by atoms with van der Waals surface area (Å²) in [6.07, 6.45) is 2.68. The lowest BCUT2D eigenvalue weighted by molar-refractivity contribution is 0.414. The Morgan fingerprint density at radius 2 is 2.25 bits per heavy atom. The van der Waals surface area contributed by atoms with Crippen LogP contribution in [-0.2, 0) is 6.42 Å². The van der Waals surface area contributed by atoms with E-state index in [1.165, 1.54) is 5.56 Å². The Bertz CT molecular complexity index is 635. The normalized spacial score (nSPS) is 20.8. The van der Waals surface area contributed by atoms with Crippen molar-refractivity contribution in [1.82, 2.24) is 4.98 Å². The molecule has 104 valence electrons. The van der Waals surface area contributed by atoms with Gasteiger partial charge in [0.2, 0.25) is 0 Å². The van der Waals surface area contributed by atoms with Crippen LogP contribution in [0.2, 0.25) is 5.02 Å². The number of fused-ring (bicyclic) bond motifs is 1. The number of rotatable bonds is 3. The molecule has 2 N–H and O–H groups in total. The summed E-state index contributed by atoms with van der Waals surface area (Å²) in [5.41, 5.74) is 8.81. The number of methoxy groups -OCH3 is 1. The molecule has 1 heterocycles. The molecule has 0 fully saturated rings. The third-order valence-corrected chi connectivity index (χ3v) is 5.25. The maximum absolute atomic E-state index is 6.36. The fraction of sp³-hybridized carbons (Fsp3) is 0.267. The highest BCUT2D eigenvalue weighted by Crippen LogP contribution is 2.42. The first-order chi connectivity index (χ1) is 9.69. The van der Waals surface area contributed by atoms with Crippen LogP contribution in [0.5, 0.6) is 5.75 Å². The molecule has 1 aliphatic rings. The van der Waals surface area contributed by atoms with Gasteiger partial charge < -0.3 is 10.5 Å². The molecule has 0 saturated carbocycles. The zero-order chi connectivity index (χ0) is 14.1. The van der Waals surface area contributed by atoms with Crippen molar-refractivity contribution in [3.8, 4) is 5.75 Å². The van der Waals surface area contributed by atoms with E-state index in [0.29, 0.717) is 5.02 Å². The second-order valence-electron chi connectivity index (χ2n) is 4.74. The number of pyridine rings is 1. The zero-order valence-corrected chi connectivity index (χ0v) is 12.6. The first-order valence-electron chi connectivity index (χ1n) is 6.38. The van der Waals surface area contributed by atoms with Crippen LogP contribution in [0.1, 0.15) is 17.2 Å². The van der Waals surface area contributed by atoms with Gasteiger partial charge in [0.1, 0.15) is 10.8 Å². The number of ether oxygens (including phenoxy) is 1. The number of halogens is 1. The van der Waals surface area contributed by atoms with Crippen LogP contribution in [0, 0.1) is 0 Å². The van der Waals surface area contributed by atoms with Crippen LogP contribution >= 0.6 is 23.4 Å². The maximum Gasteiger partial charge on any atom is 0.119 e. The van der Waals surface area contributed by atoms with Crippen molar-refractivity contribution in [2.75, 3.05) is 7.11 Å². The quantitative estimate of drug-likeness (QED) is 0.943. The Balaban J connectivity index is 1.83. The van der Waals surface area contributed by atoms with Crippen LogP contribution in [-0.4, -0.2) is 17.3 Å². The number of benzene rings is 1. The van der Waals surface area contributed by atoms with Gasteiger partial charge in [-0.3, -0.25) is 0 Å². The molecule has 3 nitrogen and oxygen atoms in total. The van der Waals surface area contributed by atoms with Gasteiger partial charge in [-0.25, -0.2) is 4.98 Å². The lowest BCUT2D eigenvalue weighted by Gasteiger charge is -2.15. The summed E-state index contributed by atoms with van der Waals surface area (Å²) in [6, 6.07) is 9.76. The molecule has 1 aliphatic carbocycles. The fourth-order valence-electron chi connectivity index (χ4n) is 2.46. The molecule has 0 aliphatic heterocycles. The van der Waals surface area contributed by atoms with E-state index in [4.69, 9.17) is 22.1 Å². The molecule has 2 unspecified atom stereocenters. The van der Waals surface area contributed by atoms with Gasteiger partial charge in [0.05, 0.1) is 12.1 Å². The predicted octanol–water partition coefficient (Wildman–Crippen LogP) is 3.46. The summed E-state index contributed by atoms with van der Waals surface area (Å²) < 4.78 is 5.26. The number of hydrogen-bond acceptors (Lipinski definition) is 4. The largest absolute Gasteiger partial charge is 0.497 e. The van der Waals surface area contributed by atoms with Crippen molar-refractivity contribution < 1.29 is 4.74 Å². The standard InChI is InChI=1S/C15H15ClN2OS/c1-19-10-5-4-9-7-13(14(17)11(9)8-10)20-15-12(16)3-2-6-18-15/h2-6,8,13-14H,7,17H2,1H3. The van der Waals surface area contributed by atoms with E-state index in [1.807, 2.05) is 24.3 Å². The highest BCUT2D eigenvalue weighted by molar-refractivity contribution is 8.00. The van der Waals surface area contributed by atoms with Gasteiger partial charge in [0.15, 0.2) is 0 Å². The number of nitrogens with zero attached hydrogens (tertiary/aromatic N) is 1. The summed E-state index contributed by atoms with van der Waals surface area (Å²) in [5.74, 6) is 0.848. The number of aromatic nitrogens is 1. The fourth-order valence-corrected chi connectivity index (χ4v) is 3.86. The highest BCUT2D eigenvalue weighted by atomic mass is 35.5. The summed E-state index contributed by atoms with van der Waals surface area (Å²) in [6.45, 7) is 0. The van der Waals surface area contributed by atoms with Crippen molar-refractivity contribution in [3.05, 3.63) is 52.7 Å². The van der Waals surface area contributed by atoms with Crippen LogP contribution in [0.4, 0.5) is 0 Å². The molecule has 2 atom stereocenters. The molecule has 2 aromatic rings. The van der Waals surface area contributed by atoms with Crippen molar-refractivity contribution in [1.29, 1.82) is 0 Å². The Hall–Kier alpha value is -1.23. The van der Waals surface area contributed by atoms with E-state index in [9.17, 15) is 0 Å². The molecule has 1 aromatic heterocycles. The molecule has 5 heteroatoms. The molecule has 0 saturated heterocycles. The van der Waals surface area contributed by atoms with Crippen LogP contribution in [0.15, 0.2) is 41.6 Å². The minimum absolute atomic E-state index is 0.0248. The number of hydrogen-bond donors (Lipinski definition) is 1. The van der Waals surface area contributed by atoms with Gasteiger partial charge in [0, 0.05) is 17.5 Å². The third-order valence-electron chi connectivity index (χ3n) is 3.52. The summed E-state index contributed by atoms with van der Waals surface area (Å²) in [7, 11) is 1.67. The van der Waals surface area contributed by atoms with Gasteiger partial charge >= 0.3 is 0 Å². The highest BCUT2D eigenvalue weighted by Gasteiger charge is 2.31. The minimum atomic E-state index is -0.0248.